The zero-order chi connectivity index (χ0) is 20.6. The lowest BCUT2D eigenvalue weighted by atomic mass is 10.1. The number of nitrogens with one attached hydrogen (secondary N) is 1. The zero-order valence-electron chi connectivity index (χ0n) is 16.4. The van der Waals surface area contributed by atoms with Crippen molar-refractivity contribution < 1.29 is 27.8 Å². The molecular weight excluding hydrogens is 384 g/mol. The number of anilines is 1. The molecule has 1 N–H and O–H groups in total. The summed E-state index contributed by atoms with van der Waals surface area (Å²) in [6, 6.07) is 3.03. The van der Waals surface area contributed by atoms with Crippen LogP contribution in [0.1, 0.15) is 49.5 Å². The molecule has 0 radical (unpaired) electrons. The molecule has 158 valence electrons. The topological polar surface area (TPSA) is 80.8 Å². The fourth-order valence-electron chi connectivity index (χ4n) is 3.33. The van der Waals surface area contributed by atoms with Crippen molar-refractivity contribution in [2.24, 2.45) is 11.3 Å². The fourth-order valence-corrected chi connectivity index (χ4v) is 3.33. The first-order valence-corrected chi connectivity index (χ1v) is 10.0. The maximum absolute atomic E-state index is 13.2. The van der Waals surface area contributed by atoms with Gasteiger partial charge in [-0.2, -0.15) is 0 Å². The Hall–Kier alpha value is -2.45. The Bertz CT molecular complexity index is 801. The number of hydrogen-bond donors (Lipinski definition) is 1. The third-order valence-corrected chi connectivity index (χ3v) is 5.81. The Labute approximate surface area is 167 Å². The van der Waals surface area contributed by atoms with Gasteiger partial charge in [0.25, 0.3) is 11.8 Å². The summed E-state index contributed by atoms with van der Waals surface area (Å²) in [5, 5.41) is 2.51. The lowest BCUT2D eigenvalue weighted by molar-refractivity contribution is -0.150. The monoisotopic (exact) mass is 409 g/mol. The summed E-state index contributed by atoms with van der Waals surface area (Å²) < 4.78 is 37.4. The summed E-state index contributed by atoms with van der Waals surface area (Å²) in [5.74, 6) is -2.90. The Morgan fingerprint density at radius 3 is 2.59 bits per heavy atom. The van der Waals surface area contributed by atoms with Crippen molar-refractivity contribution in [2.75, 3.05) is 31.3 Å². The van der Waals surface area contributed by atoms with E-state index in [9.17, 15) is 18.4 Å². The normalized spacial score (nSPS) is 21.1. The van der Waals surface area contributed by atoms with Crippen LogP contribution in [0.25, 0.3) is 0 Å². The van der Waals surface area contributed by atoms with E-state index in [1.165, 1.54) is 11.0 Å². The minimum Gasteiger partial charge on any atom is -0.476 e. The van der Waals surface area contributed by atoms with Gasteiger partial charge in [0.1, 0.15) is 11.4 Å². The van der Waals surface area contributed by atoms with E-state index in [-0.39, 0.29) is 29.7 Å². The van der Waals surface area contributed by atoms with E-state index in [1.807, 2.05) is 6.92 Å². The van der Waals surface area contributed by atoms with Crippen LogP contribution in [0.4, 0.5) is 14.5 Å². The molecular formula is C20H25F2N3O4. The molecule has 29 heavy (non-hydrogen) atoms. The molecule has 7 nitrogen and oxygen atoms in total. The molecule has 0 aromatic carbocycles. The molecule has 0 spiro atoms. The van der Waals surface area contributed by atoms with Gasteiger partial charge in [-0.05, 0) is 50.2 Å². The minimum absolute atomic E-state index is 0.0829. The molecule has 1 aromatic heterocycles. The van der Waals surface area contributed by atoms with Gasteiger partial charge < -0.3 is 19.7 Å². The lowest BCUT2D eigenvalue weighted by Gasteiger charge is -2.40. The van der Waals surface area contributed by atoms with Crippen LogP contribution in [0.5, 0.6) is 5.88 Å². The van der Waals surface area contributed by atoms with Gasteiger partial charge in [-0.15, -0.1) is 0 Å². The van der Waals surface area contributed by atoms with E-state index in [0.717, 1.165) is 32.1 Å². The summed E-state index contributed by atoms with van der Waals surface area (Å²) in [4.78, 5) is 30.1. The first kappa shape index (κ1) is 19.8. The smallest absolute Gasteiger partial charge is 0.313 e. The first-order chi connectivity index (χ1) is 13.8. The molecule has 3 fully saturated rings. The Morgan fingerprint density at radius 1 is 1.28 bits per heavy atom. The van der Waals surface area contributed by atoms with Crippen LogP contribution >= 0.6 is 0 Å². The number of alkyl halides is 2. The highest BCUT2D eigenvalue weighted by atomic mass is 19.3. The van der Waals surface area contributed by atoms with Crippen molar-refractivity contribution >= 4 is 17.6 Å². The van der Waals surface area contributed by atoms with E-state index in [2.05, 4.69) is 10.3 Å². The summed E-state index contributed by atoms with van der Waals surface area (Å²) in [6.07, 6.45) is 4.50. The van der Waals surface area contributed by atoms with Gasteiger partial charge in [0, 0.05) is 0 Å². The number of carbonyl (C=O) groups is 2. The van der Waals surface area contributed by atoms with Crippen LogP contribution in [0.15, 0.2) is 12.1 Å². The average Bonchev–Trinajstić information content (AvgIpc) is 3.58. The van der Waals surface area contributed by atoms with Gasteiger partial charge >= 0.3 is 5.97 Å². The van der Waals surface area contributed by atoms with E-state index in [0.29, 0.717) is 18.2 Å². The maximum atomic E-state index is 13.2. The van der Waals surface area contributed by atoms with E-state index >= 15 is 0 Å². The largest absolute Gasteiger partial charge is 0.476 e. The number of nitrogens with zero attached hydrogens (tertiary/aromatic N) is 2. The van der Waals surface area contributed by atoms with Gasteiger partial charge in [0.05, 0.1) is 25.1 Å². The fraction of sp³-hybridized carbons (Fsp3) is 0.650. The quantitative estimate of drug-likeness (QED) is 0.499. The summed E-state index contributed by atoms with van der Waals surface area (Å²) in [6.45, 7) is 1.37. The molecule has 4 rings (SSSR count). The highest BCUT2D eigenvalue weighted by molar-refractivity contribution is 5.93. The predicted octanol–water partition coefficient (Wildman–Crippen LogP) is 2.75. The number of esters is 1. The van der Waals surface area contributed by atoms with Crippen molar-refractivity contribution in [3.63, 3.8) is 0 Å². The number of carbonyl (C=O) groups excluding carboxylic acids is 2. The molecule has 2 saturated carbocycles. The highest BCUT2D eigenvalue weighted by Crippen LogP contribution is 2.49. The number of pyridine rings is 1. The van der Waals surface area contributed by atoms with Crippen molar-refractivity contribution in [1.82, 2.24) is 10.3 Å². The number of aromatic nitrogens is 1. The standard InChI is InChI=1S/C20H25F2N3O4/c1-2-19(7-8-19)18(27)29-12-23-16(26)14-5-6-15(25-10-20(21,22)11-25)17(24-14)28-9-13-3-4-13/h5-6,13H,2-4,7-12H2,1H3,(H,23,26). The van der Waals surface area contributed by atoms with E-state index in [1.54, 1.807) is 6.07 Å². The Morgan fingerprint density at radius 2 is 2.00 bits per heavy atom. The van der Waals surface area contributed by atoms with Crippen molar-refractivity contribution in [2.45, 2.75) is 45.0 Å². The molecule has 2 heterocycles. The van der Waals surface area contributed by atoms with Crippen molar-refractivity contribution in [3.05, 3.63) is 17.8 Å². The maximum Gasteiger partial charge on any atom is 0.313 e. The molecule has 1 aliphatic heterocycles. The van der Waals surface area contributed by atoms with Gasteiger partial charge in [-0.3, -0.25) is 9.59 Å². The van der Waals surface area contributed by atoms with Gasteiger partial charge in [0.15, 0.2) is 6.73 Å². The third kappa shape index (κ3) is 4.43. The molecule has 0 atom stereocenters. The molecule has 2 aliphatic carbocycles. The molecule has 0 unspecified atom stereocenters. The molecule has 9 heteroatoms. The number of hydrogen-bond acceptors (Lipinski definition) is 6. The molecule has 1 saturated heterocycles. The summed E-state index contributed by atoms with van der Waals surface area (Å²) in [7, 11) is 0. The summed E-state index contributed by atoms with van der Waals surface area (Å²) in [5.41, 5.74) is 0.158. The first-order valence-electron chi connectivity index (χ1n) is 10.0. The molecule has 3 aliphatic rings. The van der Waals surface area contributed by atoms with Gasteiger partial charge in [-0.25, -0.2) is 13.8 Å². The predicted molar refractivity (Wildman–Crippen MR) is 100.0 cm³/mol. The van der Waals surface area contributed by atoms with E-state index in [4.69, 9.17) is 9.47 Å². The number of rotatable bonds is 9. The minimum atomic E-state index is -2.72. The van der Waals surface area contributed by atoms with Crippen molar-refractivity contribution in [1.29, 1.82) is 0 Å². The zero-order valence-corrected chi connectivity index (χ0v) is 16.4. The van der Waals surface area contributed by atoms with Crippen LogP contribution in [-0.4, -0.2) is 49.2 Å². The Kier molecular flexibility index (Phi) is 5.08. The van der Waals surface area contributed by atoms with Gasteiger partial charge in [0.2, 0.25) is 5.88 Å². The van der Waals surface area contributed by atoms with Crippen LogP contribution in [0, 0.1) is 11.3 Å². The van der Waals surface area contributed by atoms with Crippen LogP contribution < -0.4 is 15.0 Å². The van der Waals surface area contributed by atoms with Crippen LogP contribution in [-0.2, 0) is 9.53 Å². The van der Waals surface area contributed by atoms with Gasteiger partial charge in [-0.1, -0.05) is 6.92 Å². The number of amides is 1. The SMILES string of the molecule is CCC1(C(=O)OCNC(=O)c2ccc(N3CC(F)(F)C3)c(OCC3CC3)n2)CC1. The lowest BCUT2D eigenvalue weighted by Crippen LogP contribution is -2.56. The second kappa shape index (κ2) is 7.42. The second-order valence-corrected chi connectivity index (χ2v) is 8.20. The molecule has 0 bridgehead atoms. The third-order valence-electron chi connectivity index (χ3n) is 5.81. The number of halogens is 2. The highest BCUT2D eigenvalue weighted by Gasteiger charge is 2.49. The van der Waals surface area contributed by atoms with E-state index < -0.39 is 24.9 Å². The summed E-state index contributed by atoms with van der Waals surface area (Å²) >= 11 is 0. The van der Waals surface area contributed by atoms with Crippen LogP contribution in [0.2, 0.25) is 0 Å². The average molecular weight is 409 g/mol. The van der Waals surface area contributed by atoms with Crippen LogP contribution in [0.3, 0.4) is 0 Å². The van der Waals surface area contributed by atoms with Crippen molar-refractivity contribution in [3.8, 4) is 5.88 Å². The Balaban J connectivity index is 1.37. The second-order valence-electron chi connectivity index (χ2n) is 8.20. The molecule has 1 amide bonds. The molecule has 1 aromatic rings. The number of ether oxygens (including phenoxy) is 2.